The molecule has 0 aromatic heterocycles. The highest BCUT2D eigenvalue weighted by molar-refractivity contribution is 6.18. The van der Waals surface area contributed by atoms with Crippen LogP contribution in [0, 0.1) is 5.21 Å². The van der Waals surface area contributed by atoms with Gasteiger partial charge in [0.05, 0.1) is 30.4 Å². The fourth-order valence-corrected chi connectivity index (χ4v) is 1.60. The van der Waals surface area contributed by atoms with Gasteiger partial charge in [0.2, 0.25) is 0 Å². The van der Waals surface area contributed by atoms with Crippen molar-refractivity contribution < 1.29 is 4.65 Å². The van der Waals surface area contributed by atoms with Gasteiger partial charge in [-0.3, -0.25) is 0 Å². The van der Waals surface area contributed by atoms with E-state index < -0.39 is 0 Å². The van der Waals surface area contributed by atoms with Crippen LogP contribution in [0.4, 0.5) is 0 Å². The van der Waals surface area contributed by atoms with Crippen LogP contribution in [0.5, 0.6) is 0 Å². The maximum atomic E-state index is 12.1. The quantitative estimate of drug-likeness (QED) is 0.400. The molecule has 0 amide bonds. The lowest BCUT2D eigenvalue weighted by Gasteiger charge is -2.52. The molecular weight excluding hydrogens is 197 g/mol. The molecule has 0 unspecified atom stereocenters. The van der Waals surface area contributed by atoms with Crippen LogP contribution in [-0.4, -0.2) is 35.0 Å². The van der Waals surface area contributed by atoms with E-state index in [0.29, 0.717) is 24.8 Å². The maximum absolute atomic E-state index is 12.1. The molecule has 74 valence electrons. The van der Waals surface area contributed by atoms with Crippen molar-refractivity contribution in [2.24, 2.45) is 0 Å². The average molecular weight is 214 g/mol. The molecule has 0 heterocycles. The van der Waals surface area contributed by atoms with Crippen molar-refractivity contribution in [3.63, 3.8) is 0 Å². The predicted octanol–water partition coefficient (Wildman–Crippen LogP) is 2.58. The zero-order valence-corrected chi connectivity index (χ0v) is 9.45. The second-order valence-electron chi connectivity index (χ2n) is 3.89. The van der Waals surface area contributed by atoms with Crippen LogP contribution in [0.2, 0.25) is 0 Å². The number of nitrogens with zero attached hydrogens (tertiary/aromatic N) is 1. The number of alkyl halides is 2. The largest absolute Gasteiger partial charge is 0.632 e. The molecule has 0 aliphatic rings. The lowest BCUT2D eigenvalue weighted by molar-refractivity contribution is -0.921. The van der Waals surface area contributed by atoms with Crippen molar-refractivity contribution in [2.45, 2.75) is 26.3 Å². The number of hydrogen-bond donors (Lipinski definition) is 0. The number of hydrogen-bond acceptors (Lipinski definition) is 1. The summed E-state index contributed by atoms with van der Waals surface area (Å²) in [7, 11) is 0. The first kappa shape index (κ1) is 12.5. The van der Waals surface area contributed by atoms with Crippen molar-refractivity contribution >= 4 is 23.2 Å². The summed E-state index contributed by atoms with van der Waals surface area (Å²) in [6.07, 6.45) is 0. The van der Waals surface area contributed by atoms with Crippen LogP contribution in [0.3, 0.4) is 0 Å². The summed E-state index contributed by atoms with van der Waals surface area (Å²) < 4.78 is -0.306. The van der Waals surface area contributed by atoms with Crippen molar-refractivity contribution in [1.29, 1.82) is 0 Å². The highest BCUT2D eigenvalue weighted by Crippen LogP contribution is 2.22. The van der Waals surface area contributed by atoms with Crippen molar-refractivity contribution in [1.82, 2.24) is 0 Å². The fourth-order valence-electron chi connectivity index (χ4n) is 1.06. The van der Waals surface area contributed by atoms with Crippen molar-refractivity contribution in [3.8, 4) is 0 Å². The van der Waals surface area contributed by atoms with Crippen LogP contribution in [-0.2, 0) is 0 Å². The van der Waals surface area contributed by atoms with E-state index in [4.69, 9.17) is 23.2 Å². The van der Waals surface area contributed by atoms with Crippen molar-refractivity contribution in [3.05, 3.63) is 5.21 Å². The number of hydroxylamine groups is 3. The fraction of sp³-hybridized carbons (Fsp3) is 1.00. The lowest BCUT2D eigenvalue weighted by Crippen LogP contribution is -2.57. The average Bonchev–Trinajstić information content (AvgIpc) is 1.86. The molecule has 0 saturated carbocycles. The highest BCUT2D eigenvalue weighted by Gasteiger charge is 2.30. The van der Waals surface area contributed by atoms with Gasteiger partial charge < -0.3 is 9.85 Å². The Morgan fingerprint density at radius 1 is 1.08 bits per heavy atom. The van der Waals surface area contributed by atoms with Gasteiger partial charge in [-0.2, -0.15) is 0 Å². The number of halogens is 2. The molecular formula is C8H17Cl2NO. The van der Waals surface area contributed by atoms with Gasteiger partial charge in [0.1, 0.15) is 0 Å². The molecule has 0 spiro atoms. The van der Waals surface area contributed by atoms with E-state index in [9.17, 15) is 5.21 Å². The summed E-state index contributed by atoms with van der Waals surface area (Å²) in [6.45, 7) is 6.60. The molecule has 0 fully saturated rings. The predicted molar refractivity (Wildman–Crippen MR) is 54.6 cm³/mol. The zero-order valence-electron chi connectivity index (χ0n) is 7.94. The second-order valence-corrected chi connectivity index (χ2v) is 4.64. The van der Waals surface area contributed by atoms with Gasteiger partial charge in [-0.15, -0.1) is 23.2 Å². The minimum atomic E-state index is -0.330. The van der Waals surface area contributed by atoms with Gasteiger partial charge in [-0.1, -0.05) is 0 Å². The van der Waals surface area contributed by atoms with Gasteiger partial charge in [0.25, 0.3) is 0 Å². The van der Waals surface area contributed by atoms with E-state index in [1.54, 1.807) is 0 Å². The topological polar surface area (TPSA) is 23.1 Å². The molecule has 2 nitrogen and oxygen atoms in total. The third kappa shape index (κ3) is 3.09. The van der Waals surface area contributed by atoms with E-state index >= 15 is 0 Å². The molecule has 12 heavy (non-hydrogen) atoms. The molecule has 4 heteroatoms. The third-order valence-corrected chi connectivity index (χ3v) is 2.45. The molecule has 0 radical (unpaired) electrons. The Morgan fingerprint density at radius 2 is 1.42 bits per heavy atom. The zero-order chi connectivity index (χ0) is 9.83. The highest BCUT2D eigenvalue weighted by atomic mass is 35.5. The molecule has 0 bridgehead atoms. The molecule has 0 atom stereocenters. The minimum absolute atomic E-state index is 0.306. The lowest BCUT2D eigenvalue weighted by atomic mass is 10.1. The maximum Gasteiger partial charge on any atom is 0.0925 e. The summed E-state index contributed by atoms with van der Waals surface area (Å²) in [5, 5.41) is 12.1. The van der Waals surface area contributed by atoms with Crippen LogP contribution in [0.25, 0.3) is 0 Å². The van der Waals surface area contributed by atoms with E-state index in [-0.39, 0.29) is 10.2 Å². The van der Waals surface area contributed by atoms with E-state index in [0.717, 1.165) is 0 Å². The standard InChI is InChI=1S/C8H17Cl2NO/c1-8(2,3)11(12,6-4-9)7-5-10/h4-7H2,1-3H3. The summed E-state index contributed by atoms with van der Waals surface area (Å²) in [5.74, 6) is 0.773. The summed E-state index contributed by atoms with van der Waals surface area (Å²) >= 11 is 11.1. The Bertz CT molecular complexity index is 128. The molecule has 0 N–H and O–H groups in total. The Kier molecular flexibility index (Phi) is 4.85. The Morgan fingerprint density at radius 3 is 1.58 bits per heavy atom. The first-order valence-electron chi connectivity index (χ1n) is 4.07. The normalized spacial score (nSPS) is 13.5. The van der Waals surface area contributed by atoms with Crippen LogP contribution < -0.4 is 0 Å². The van der Waals surface area contributed by atoms with Crippen LogP contribution in [0.1, 0.15) is 20.8 Å². The van der Waals surface area contributed by atoms with E-state index in [1.165, 1.54) is 0 Å². The Hall–Kier alpha value is 0.500. The number of rotatable bonds is 4. The molecule has 0 aliphatic heterocycles. The summed E-state index contributed by atoms with van der Waals surface area (Å²) in [6, 6.07) is 0. The van der Waals surface area contributed by atoms with Gasteiger partial charge in [0, 0.05) is 0 Å². The second kappa shape index (κ2) is 4.66. The molecule has 0 aliphatic carbocycles. The SMILES string of the molecule is CC(C)(C)[N+]([O-])(CCCl)CCCl. The summed E-state index contributed by atoms with van der Waals surface area (Å²) in [4.78, 5) is 0. The van der Waals surface area contributed by atoms with E-state index in [1.807, 2.05) is 20.8 Å². The van der Waals surface area contributed by atoms with Gasteiger partial charge in [-0.05, 0) is 20.8 Å². The van der Waals surface area contributed by atoms with Gasteiger partial charge in [-0.25, -0.2) is 0 Å². The molecule has 0 aromatic carbocycles. The summed E-state index contributed by atoms with van der Waals surface area (Å²) in [5.41, 5.74) is -0.330. The minimum Gasteiger partial charge on any atom is -0.632 e. The molecule has 0 aromatic rings. The van der Waals surface area contributed by atoms with Crippen LogP contribution >= 0.6 is 23.2 Å². The number of quaternary nitrogens is 1. The van der Waals surface area contributed by atoms with Gasteiger partial charge in [0.15, 0.2) is 0 Å². The smallest absolute Gasteiger partial charge is 0.0925 e. The molecule has 0 saturated heterocycles. The van der Waals surface area contributed by atoms with Gasteiger partial charge >= 0.3 is 0 Å². The first-order valence-corrected chi connectivity index (χ1v) is 5.14. The van der Waals surface area contributed by atoms with Crippen molar-refractivity contribution in [2.75, 3.05) is 24.8 Å². The monoisotopic (exact) mass is 213 g/mol. The first-order chi connectivity index (χ1) is 5.37. The van der Waals surface area contributed by atoms with E-state index in [2.05, 4.69) is 0 Å². The Balaban J connectivity index is 4.38. The third-order valence-electron chi connectivity index (χ3n) is 2.11. The Labute approximate surface area is 84.6 Å². The van der Waals surface area contributed by atoms with Crippen LogP contribution in [0.15, 0.2) is 0 Å². The molecule has 0 rings (SSSR count).